The SMILES string of the molecule is COc1c(Cl)cccc1N1CC(N)CC1=O. The molecule has 0 spiro atoms. The van der Waals surface area contributed by atoms with E-state index in [9.17, 15) is 4.79 Å². The maximum absolute atomic E-state index is 11.7. The Kier molecular flexibility index (Phi) is 3.03. The van der Waals surface area contributed by atoms with E-state index in [1.54, 1.807) is 23.1 Å². The molecule has 5 heteroatoms. The highest BCUT2D eigenvalue weighted by atomic mass is 35.5. The minimum Gasteiger partial charge on any atom is -0.493 e. The Labute approximate surface area is 98.9 Å². The van der Waals surface area contributed by atoms with Crippen molar-refractivity contribution in [3.05, 3.63) is 23.2 Å². The Morgan fingerprint density at radius 3 is 2.88 bits per heavy atom. The Bertz CT molecular complexity index is 422. The van der Waals surface area contributed by atoms with Crippen molar-refractivity contribution in [2.24, 2.45) is 5.73 Å². The molecule has 1 aliphatic heterocycles. The van der Waals surface area contributed by atoms with Crippen LogP contribution in [0.2, 0.25) is 5.02 Å². The van der Waals surface area contributed by atoms with Gasteiger partial charge in [-0.1, -0.05) is 17.7 Å². The first-order valence-corrected chi connectivity index (χ1v) is 5.39. The monoisotopic (exact) mass is 240 g/mol. The lowest BCUT2D eigenvalue weighted by Gasteiger charge is -2.19. The molecule has 86 valence electrons. The number of carbonyl (C=O) groups is 1. The Hall–Kier alpha value is -1.26. The summed E-state index contributed by atoms with van der Waals surface area (Å²) in [5, 5.41) is 0.494. The molecule has 16 heavy (non-hydrogen) atoms. The van der Waals surface area contributed by atoms with E-state index in [0.29, 0.717) is 29.4 Å². The van der Waals surface area contributed by atoms with Gasteiger partial charge >= 0.3 is 0 Å². The first kappa shape index (κ1) is 11.2. The minimum absolute atomic E-state index is 0.00747. The van der Waals surface area contributed by atoms with Gasteiger partial charge in [-0.2, -0.15) is 0 Å². The van der Waals surface area contributed by atoms with Crippen molar-refractivity contribution in [1.82, 2.24) is 0 Å². The summed E-state index contributed by atoms with van der Waals surface area (Å²) in [7, 11) is 1.53. The molecule has 1 amide bonds. The van der Waals surface area contributed by atoms with Crippen LogP contribution in [0.5, 0.6) is 5.75 Å². The molecule has 0 aromatic heterocycles. The first-order valence-electron chi connectivity index (χ1n) is 5.02. The van der Waals surface area contributed by atoms with Crippen LogP contribution in [-0.4, -0.2) is 25.6 Å². The van der Waals surface area contributed by atoms with E-state index in [4.69, 9.17) is 22.1 Å². The highest BCUT2D eigenvalue weighted by molar-refractivity contribution is 6.32. The zero-order chi connectivity index (χ0) is 11.7. The van der Waals surface area contributed by atoms with Crippen molar-refractivity contribution in [1.29, 1.82) is 0 Å². The predicted molar refractivity (Wildman–Crippen MR) is 62.9 cm³/mol. The minimum atomic E-state index is -0.115. The summed E-state index contributed by atoms with van der Waals surface area (Å²) in [6.07, 6.45) is 0.371. The van der Waals surface area contributed by atoms with Gasteiger partial charge in [0.1, 0.15) is 0 Å². The normalized spacial score (nSPS) is 20.3. The molecule has 1 aliphatic rings. The zero-order valence-corrected chi connectivity index (χ0v) is 9.70. The van der Waals surface area contributed by atoms with E-state index in [1.807, 2.05) is 0 Å². The van der Waals surface area contributed by atoms with Gasteiger partial charge in [-0.3, -0.25) is 4.79 Å². The molecule has 2 rings (SSSR count). The number of ether oxygens (including phenoxy) is 1. The molecule has 1 aromatic rings. The number of carbonyl (C=O) groups excluding carboxylic acids is 1. The molecule has 1 heterocycles. The van der Waals surface area contributed by atoms with E-state index in [1.165, 1.54) is 7.11 Å². The number of benzene rings is 1. The lowest BCUT2D eigenvalue weighted by atomic mass is 10.2. The predicted octanol–water partition coefficient (Wildman–Crippen LogP) is 1.41. The smallest absolute Gasteiger partial charge is 0.228 e. The Balaban J connectivity index is 2.40. The quantitative estimate of drug-likeness (QED) is 0.851. The average molecular weight is 241 g/mol. The van der Waals surface area contributed by atoms with Crippen LogP contribution < -0.4 is 15.4 Å². The molecular formula is C11H13ClN2O2. The number of para-hydroxylation sites is 1. The number of hydrogen-bond donors (Lipinski definition) is 1. The van der Waals surface area contributed by atoms with E-state index >= 15 is 0 Å². The van der Waals surface area contributed by atoms with Gasteiger partial charge in [-0.05, 0) is 12.1 Å². The van der Waals surface area contributed by atoms with Crippen molar-refractivity contribution in [2.75, 3.05) is 18.6 Å². The first-order chi connectivity index (χ1) is 7.63. The average Bonchev–Trinajstić information content (AvgIpc) is 2.57. The largest absolute Gasteiger partial charge is 0.493 e. The maximum Gasteiger partial charge on any atom is 0.228 e. The lowest BCUT2D eigenvalue weighted by molar-refractivity contribution is -0.117. The number of halogens is 1. The van der Waals surface area contributed by atoms with E-state index in [0.717, 1.165) is 0 Å². The van der Waals surface area contributed by atoms with Crippen molar-refractivity contribution >= 4 is 23.2 Å². The van der Waals surface area contributed by atoms with Gasteiger partial charge in [0.15, 0.2) is 5.75 Å². The number of methoxy groups -OCH3 is 1. The molecule has 1 aromatic carbocycles. The summed E-state index contributed by atoms with van der Waals surface area (Å²) < 4.78 is 5.21. The second-order valence-electron chi connectivity index (χ2n) is 3.76. The third kappa shape index (κ3) is 1.86. The highest BCUT2D eigenvalue weighted by Gasteiger charge is 2.30. The van der Waals surface area contributed by atoms with Crippen LogP contribution in [0.25, 0.3) is 0 Å². The second kappa shape index (κ2) is 4.31. The molecule has 0 radical (unpaired) electrons. The number of anilines is 1. The molecule has 0 bridgehead atoms. The molecule has 1 unspecified atom stereocenters. The molecule has 1 fully saturated rings. The van der Waals surface area contributed by atoms with E-state index in [2.05, 4.69) is 0 Å². The van der Waals surface area contributed by atoms with Crippen LogP contribution in [0.1, 0.15) is 6.42 Å². The van der Waals surface area contributed by atoms with Gasteiger partial charge in [-0.15, -0.1) is 0 Å². The van der Waals surface area contributed by atoms with Crippen LogP contribution in [0.4, 0.5) is 5.69 Å². The number of hydrogen-bond acceptors (Lipinski definition) is 3. The van der Waals surface area contributed by atoms with Crippen LogP contribution >= 0.6 is 11.6 Å². The van der Waals surface area contributed by atoms with Crippen LogP contribution in [0.15, 0.2) is 18.2 Å². The van der Waals surface area contributed by atoms with Crippen LogP contribution in [0, 0.1) is 0 Å². The van der Waals surface area contributed by atoms with E-state index < -0.39 is 0 Å². The van der Waals surface area contributed by atoms with Gasteiger partial charge in [0.05, 0.1) is 17.8 Å². The molecule has 1 atom stereocenters. The molecule has 0 saturated carbocycles. The summed E-state index contributed by atoms with van der Waals surface area (Å²) in [5.41, 5.74) is 6.43. The molecule has 2 N–H and O–H groups in total. The maximum atomic E-state index is 11.7. The van der Waals surface area contributed by atoms with Crippen molar-refractivity contribution in [3.8, 4) is 5.75 Å². The fourth-order valence-electron chi connectivity index (χ4n) is 1.88. The summed E-state index contributed by atoms with van der Waals surface area (Å²) in [5.74, 6) is 0.527. The van der Waals surface area contributed by atoms with Crippen molar-refractivity contribution in [3.63, 3.8) is 0 Å². The van der Waals surface area contributed by atoms with Gasteiger partial charge in [-0.25, -0.2) is 0 Å². The molecule has 0 aliphatic carbocycles. The van der Waals surface area contributed by atoms with Gasteiger partial charge in [0.2, 0.25) is 5.91 Å². The highest BCUT2D eigenvalue weighted by Crippen LogP contribution is 2.36. The topological polar surface area (TPSA) is 55.6 Å². The summed E-state index contributed by atoms with van der Waals surface area (Å²) in [6.45, 7) is 0.509. The number of nitrogens with zero attached hydrogens (tertiary/aromatic N) is 1. The fraction of sp³-hybridized carbons (Fsp3) is 0.364. The zero-order valence-electron chi connectivity index (χ0n) is 8.94. The lowest BCUT2D eigenvalue weighted by Crippen LogP contribution is -2.28. The Morgan fingerprint density at radius 1 is 1.56 bits per heavy atom. The third-order valence-electron chi connectivity index (χ3n) is 2.60. The summed E-state index contributed by atoms with van der Waals surface area (Å²) >= 11 is 6.00. The summed E-state index contributed by atoms with van der Waals surface area (Å²) in [6, 6.07) is 5.21. The molecule has 1 saturated heterocycles. The number of amides is 1. The van der Waals surface area contributed by atoms with Crippen LogP contribution in [0.3, 0.4) is 0 Å². The number of rotatable bonds is 2. The van der Waals surface area contributed by atoms with Gasteiger partial charge < -0.3 is 15.4 Å². The summed E-state index contributed by atoms with van der Waals surface area (Å²) in [4.78, 5) is 13.3. The molecule has 4 nitrogen and oxygen atoms in total. The fourth-order valence-corrected chi connectivity index (χ4v) is 2.13. The number of nitrogens with two attached hydrogens (primary N) is 1. The van der Waals surface area contributed by atoms with Gasteiger partial charge in [0, 0.05) is 19.0 Å². The third-order valence-corrected chi connectivity index (χ3v) is 2.89. The van der Waals surface area contributed by atoms with E-state index in [-0.39, 0.29) is 11.9 Å². The van der Waals surface area contributed by atoms with Crippen molar-refractivity contribution in [2.45, 2.75) is 12.5 Å². The molecular weight excluding hydrogens is 228 g/mol. The van der Waals surface area contributed by atoms with Crippen LogP contribution in [-0.2, 0) is 4.79 Å². The van der Waals surface area contributed by atoms with Gasteiger partial charge in [0.25, 0.3) is 0 Å². The Morgan fingerprint density at radius 2 is 2.31 bits per heavy atom. The van der Waals surface area contributed by atoms with Crippen molar-refractivity contribution < 1.29 is 9.53 Å². The second-order valence-corrected chi connectivity index (χ2v) is 4.17. The standard InChI is InChI=1S/C11H13ClN2O2/c1-16-11-8(12)3-2-4-9(11)14-6-7(13)5-10(14)15/h2-4,7H,5-6,13H2,1H3.